The number of carboxylic acids is 1. The fourth-order valence-corrected chi connectivity index (χ4v) is 2.14. The van der Waals surface area contributed by atoms with Crippen molar-refractivity contribution in [3.63, 3.8) is 0 Å². The summed E-state index contributed by atoms with van der Waals surface area (Å²) in [6.45, 7) is 1.92. The highest BCUT2D eigenvalue weighted by molar-refractivity contribution is 6.31. The number of nitrogens with zero attached hydrogens (tertiary/aromatic N) is 3. The fourth-order valence-electron chi connectivity index (χ4n) is 1.96. The van der Waals surface area contributed by atoms with Crippen LogP contribution in [0, 0.1) is 6.92 Å². The summed E-state index contributed by atoms with van der Waals surface area (Å²) in [6, 6.07) is 10.3. The van der Waals surface area contributed by atoms with Crippen LogP contribution in [0.4, 0.5) is 0 Å². The molecular weight excluding hydrogens is 278 g/mol. The number of rotatable bonds is 2. The van der Waals surface area contributed by atoms with Crippen molar-refractivity contribution in [1.29, 1.82) is 0 Å². The van der Waals surface area contributed by atoms with Gasteiger partial charge in [0.2, 0.25) is 0 Å². The maximum atomic E-state index is 10.9. The van der Waals surface area contributed by atoms with Crippen molar-refractivity contribution in [1.82, 2.24) is 15.0 Å². The van der Waals surface area contributed by atoms with Crippen LogP contribution in [0.3, 0.4) is 0 Å². The van der Waals surface area contributed by atoms with Gasteiger partial charge in [-0.1, -0.05) is 22.9 Å². The molecule has 1 heterocycles. The van der Waals surface area contributed by atoms with Crippen LogP contribution in [0.1, 0.15) is 15.9 Å². The lowest BCUT2D eigenvalue weighted by molar-refractivity contribution is 0.0697. The summed E-state index contributed by atoms with van der Waals surface area (Å²) in [6.07, 6.45) is 0. The number of benzene rings is 2. The number of aromatic carboxylic acids is 1. The number of fused-ring (bicyclic) bond motifs is 1. The Hall–Kier alpha value is -2.40. The second kappa shape index (κ2) is 4.61. The molecule has 0 aliphatic heterocycles. The van der Waals surface area contributed by atoms with Crippen LogP contribution in [-0.4, -0.2) is 26.1 Å². The van der Waals surface area contributed by atoms with Crippen molar-refractivity contribution >= 4 is 28.6 Å². The summed E-state index contributed by atoms with van der Waals surface area (Å²) < 4.78 is 1.63. The molecule has 0 spiro atoms. The first-order chi connectivity index (χ1) is 9.56. The first-order valence-corrected chi connectivity index (χ1v) is 6.29. The lowest BCUT2D eigenvalue weighted by Gasteiger charge is -2.04. The van der Waals surface area contributed by atoms with Crippen molar-refractivity contribution in [3.05, 3.63) is 52.5 Å². The van der Waals surface area contributed by atoms with Gasteiger partial charge in [-0.25, -0.2) is 9.48 Å². The molecule has 0 amide bonds. The van der Waals surface area contributed by atoms with E-state index in [0.717, 1.165) is 16.8 Å². The molecule has 100 valence electrons. The van der Waals surface area contributed by atoms with Gasteiger partial charge in [0, 0.05) is 5.02 Å². The lowest BCUT2D eigenvalue weighted by atomic mass is 10.2. The Labute approximate surface area is 119 Å². The third-order valence-electron chi connectivity index (χ3n) is 3.09. The number of carboxylic acid groups (broad SMARTS) is 1. The molecule has 0 radical (unpaired) electrons. The quantitative estimate of drug-likeness (QED) is 0.786. The predicted octanol–water partition coefficient (Wildman–Crippen LogP) is 3.08. The minimum Gasteiger partial charge on any atom is -0.478 e. The van der Waals surface area contributed by atoms with Gasteiger partial charge in [-0.15, -0.1) is 5.10 Å². The minimum absolute atomic E-state index is 0.187. The van der Waals surface area contributed by atoms with Crippen LogP contribution in [-0.2, 0) is 0 Å². The van der Waals surface area contributed by atoms with E-state index in [1.165, 1.54) is 12.1 Å². The van der Waals surface area contributed by atoms with E-state index in [2.05, 4.69) is 10.3 Å². The van der Waals surface area contributed by atoms with E-state index in [1.807, 2.05) is 19.1 Å². The highest BCUT2D eigenvalue weighted by Gasteiger charge is 2.10. The van der Waals surface area contributed by atoms with Crippen molar-refractivity contribution < 1.29 is 9.90 Å². The van der Waals surface area contributed by atoms with Gasteiger partial charge < -0.3 is 5.11 Å². The number of carbonyl (C=O) groups is 1. The molecule has 0 unspecified atom stereocenters. The monoisotopic (exact) mass is 287 g/mol. The molecule has 0 atom stereocenters. The molecule has 0 fully saturated rings. The Bertz CT molecular complexity index is 826. The van der Waals surface area contributed by atoms with E-state index in [1.54, 1.807) is 16.8 Å². The minimum atomic E-state index is -0.986. The van der Waals surface area contributed by atoms with Gasteiger partial charge in [0.15, 0.2) is 0 Å². The van der Waals surface area contributed by atoms with E-state index < -0.39 is 5.97 Å². The van der Waals surface area contributed by atoms with Gasteiger partial charge in [-0.3, -0.25) is 0 Å². The second-order valence-electron chi connectivity index (χ2n) is 4.44. The van der Waals surface area contributed by atoms with Gasteiger partial charge in [0.25, 0.3) is 0 Å². The average Bonchev–Trinajstić information content (AvgIpc) is 2.84. The Morgan fingerprint density at radius 2 is 2.05 bits per heavy atom. The van der Waals surface area contributed by atoms with Crippen molar-refractivity contribution in [3.8, 4) is 5.69 Å². The molecule has 0 bridgehead atoms. The summed E-state index contributed by atoms with van der Waals surface area (Å²) in [4.78, 5) is 10.9. The van der Waals surface area contributed by atoms with E-state index in [0.29, 0.717) is 10.5 Å². The van der Waals surface area contributed by atoms with Crippen LogP contribution in [0.25, 0.3) is 16.7 Å². The first kappa shape index (κ1) is 12.6. The largest absolute Gasteiger partial charge is 0.478 e. The van der Waals surface area contributed by atoms with Crippen LogP contribution in [0.5, 0.6) is 0 Å². The van der Waals surface area contributed by atoms with Crippen LogP contribution in [0.2, 0.25) is 5.02 Å². The van der Waals surface area contributed by atoms with Crippen molar-refractivity contribution in [2.75, 3.05) is 0 Å². The maximum absolute atomic E-state index is 10.9. The first-order valence-electron chi connectivity index (χ1n) is 5.91. The zero-order chi connectivity index (χ0) is 14.3. The molecule has 1 aromatic heterocycles. The highest BCUT2D eigenvalue weighted by atomic mass is 35.5. The molecule has 0 saturated carbocycles. The van der Waals surface area contributed by atoms with E-state index >= 15 is 0 Å². The summed E-state index contributed by atoms with van der Waals surface area (Å²) in [5.74, 6) is -0.986. The van der Waals surface area contributed by atoms with E-state index in [9.17, 15) is 4.79 Å². The molecular formula is C14H10ClN3O2. The highest BCUT2D eigenvalue weighted by Crippen LogP contribution is 2.22. The molecule has 3 rings (SSSR count). The van der Waals surface area contributed by atoms with Gasteiger partial charge in [-0.05, 0) is 42.8 Å². The average molecular weight is 288 g/mol. The van der Waals surface area contributed by atoms with E-state index in [-0.39, 0.29) is 5.56 Å². The van der Waals surface area contributed by atoms with Gasteiger partial charge in [0.1, 0.15) is 5.52 Å². The molecule has 5 nitrogen and oxygen atoms in total. The number of hydrogen-bond donors (Lipinski definition) is 1. The van der Waals surface area contributed by atoms with Crippen LogP contribution in [0.15, 0.2) is 36.4 Å². The number of aromatic nitrogens is 3. The number of hydrogen-bond acceptors (Lipinski definition) is 3. The third kappa shape index (κ3) is 2.02. The van der Waals surface area contributed by atoms with E-state index in [4.69, 9.17) is 16.7 Å². The van der Waals surface area contributed by atoms with Crippen LogP contribution >= 0.6 is 11.6 Å². The zero-order valence-electron chi connectivity index (χ0n) is 10.5. The Morgan fingerprint density at radius 3 is 2.75 bits per heavy atom. The Kier molecular flexibility index (Phi) is 2.91. The smallest absolute Gasteiger partial charge is 0.335 e. The fraction of sp³-hybridized carbons (Fsp3) is 0.0714. The second-order valence-corrected chi connectivity index (χ2v) is 4.85. The Morgan fingerprint density at radius 1 is 1.25 bits per heavy atom. The predicted molar refractivity (Wildman–Crippen MR) is 75.6 cm³/mol. The maximum Gasteiger partial charge on any atom is 0.335 e. The summed E-state index contributed by atoms with van der Waals surface area (Å²) in [7, 11) is 0. The van der Waals surface area contributed by atoms with Gasteiger partial charge in [0.05, 0.1) is 16.8 Å². The summed E-state index contributed by atoms with van der Waals surface area (Å²) in [5, 5.41) is 17.7. The third-order valence-corrected chi connectivity index (χ3v) is 3.50. The molecule has 20 heavy (non-hydrogen) atoms. The molecule has 0 aliphatic rings. The van der Waals surface area contributed by atoms with Crippen molar-refractivity contribution in [2.24, 2.45) is 0 Å². The molecule has 2 aromatic carbocycles. The van der Waals surface area contributed by atoms with Crippen molar-refractivity contribution in [2.45, 2.75) is 6.92 Å². The van der Waals surface area contributed by atoms with Gasteiger partial charge in [-0.2, -0.15) is 0 Å². The van der Waals surface area contributed by atoms with Crippen LogP contribution < -0.4 is 0 Å². The molecule has 0 aliphatic carbocycles. The molecule has 1 N–H and O–H groups in total. The number of aryl methyl sites for hydroxylation is 1. The van der Waals surface area contributed by atoms with Gasteiger partial charge >= 0.3 is 5.97 Å². The standard InChI is InChI=1S/C14H10ClN3O2/c1-8-2-4-10(7-11(8)15)18-13-5-3-9(14(19)20)6-12(13)16-17-18/h2-7H,1H3,(H,19,20). The number of halogens is 1. The SMILES string of the molecule is Cc1ccc(-n2nnc3cc(C(=O)O)ccc32)cc1Cl. The lowest BCUT2D eigenvalue weighted by Crippen LogP contribution is -1.98. The molecule has 3 aromatic rings. The molecule has 0 saturated heterocycles. The Balaban J connectivity index is 2.17. The zero-order valence-corrected chi connectivity index (χ0v) is 11.3. The summed E-state index contributed by atoms with van der Waals surface area (Å²) in [5.41, 5.74) is 3.21. The topological polar surface area (TPSA) is 68.0 Å². The molecule has 6 heteroatoms. The summed E-state index contributed by atoms with van der Waals surface area (Å²) >= 11 is 6.11. The normalized spacial score (nSPS) is 10.9.